The zero-order valence-corrected chi connectivity index (χ0v) is 15.7. The summed E-state index contributed by atoms with van der Waals surface area (Å²) in [6.07, 6.45) is 1.72. The SMILES string of the molecule is CCCCOC(=O)c1nc(C#C[Si](C)(C)C)c2sccc2c1O. The molecule has 2 aromatic heterocycles. The summed E-state index contributed by atoms with van der Waals surface area (Å²) in [5.41, 5.74) is 3.75. The van der Waals surface area contributed by atoms with Crippen LogP contribution in [0.2, 0.25) is 19.6 Å². The number of unbranched alkanes of at least 4 members (excludes halogenated alkanes) is 1. The fourth-order valence-electron chi connectivity index (χ4n) is 1.87. The Balaban J connectivity index is 2.47. The summed E-state index contributed by atoms with van der Waals surface area (Å²) in [7, 11) is -1.57. The van der Waals surface area contributed by atoms with Crippen LogP contribution in [0.25, 0.3) is 10.1 Å². The lowest BCUT2D eigenvalue weighted by atomic mass is 10.2. The fourth-order valence-corrected chi connectivity index (χ4v) is 3.21. The zero-order chi connectivity index (χ0) is 17.0. The van der Waals surface area contributed by atoms with Crippen LogP contribution in [0.15, 0.2) is 11.4 Å². The molecular weight excluding hydrogens is 326 g/mol. The van der Waals surface area contributed by atoms with E-state index in [2.05, 4.69) is 36.1 Å². The highest BCUT2D eigenvalue weighted by Crippen LogP contribution is 2.33. The van der Waals surface area contributed by atoms with Crippen molar-refractivity contribution in [3.63, 3.8) is 0 Å². The van der Waals surface area contributed by atoms with Crippen LogP contribution in [-0.2, 0) is 4.74 Å². The standard InChI is InChI=1S/C17H21NO3SSi/c1-5-6-9-21-17(20)14-15(19)12-7-10-22-16(12)13(18-14)8-11-23(2,3)4/h7,10,19H,5-6,9H2,1-4H3. The predicted octanol–water partition coefficient (Wildman–Crippen LogP) is 4.19. The topological polar surface area (TPSA) is 59.4 Å². The van der Waals surface area contributed by atoms with Gasteiger partial charge in [-0.2, -0.15) is 0 Å². The van der Waals surface area contributed by atoms with Crippen LogP contribution in [0.4, 0.5) is 0 Å². The van der Waals surface area contributed by atoms with Crippen molar-refractivity contribution in [1.29, 1.82) is 0 Å². The molecule has 2 rings (SSSR count). The van der Waals surface area contributed by atoms with E-state index < -0.39 is 14.0 Å². The summed E-state index contributed by atoms with van der Waals surface area (Å²) >= 11 is 1.46. The largest absolute Gasteiger partial charge is 0.505 e. The lowest BCUT2D eigenvalue weighted by molar-refractivity contribution is 0.0489. The number of pyridine rings is 1. The van der Waals surface area contributed by atoms with Crippen LogP contribution in [0.5, 0.6) is 5.75 Å². The molecule has 0 atom stereocenters. The van der Waals surface area contributed by atoms with Gasteiger partial charge in [-0.1, -0.05) is 38.9 Å². The van der Waals surface area contributed by atoms with Crippen LogP contribution in [-0.4, -0.2) is 30.7 Å². The van der Waals surface area contributed by atoms with Gasteiger partial charge in [0.05, 0.1) is 11.3 Å². The van der Waals surface area contributed by atoms with Crippen molar-refractivity contribution >= 4 is 35.5 Å². The minimum Gasteiger partial charge on any atom is -0.505 e. The lowest BCUT2D eigenvalue weighted by Crippen LogP contribution is -2.16. The highest BCUT2D eigenvalue weighted by Gasteiger charge is 2.20. The molecule has 0 amide bonds. The van der Waals surface area contributed by atoms with Gasteiger partial charge in [-0.15, -0.1) is 16.9 Å². The smallest absolute Gasteiger partial charge is 0.360 e. The van der Waals surface area contributed by atoms with E-state index in [1.807, 2.05) is 12.3 Å². The van der Waals surface area contributed by atoms with Crippen molar-refractivity contribution in [3.05, 3.63) is 22.8 Å². The number of thiophene rings is 1. The maximum atomic E-state index is 12.2. The number of esters is 1. The molecule has 23 heavy (non-hydrogen) atoms. The lowest BCUT2D eigenvalue weighted by Gasteiger charge is -2.08. The molecule has 1 N–H and O–H groups in total. The number of rotatable bonds is 4. The molecule has 0 aliphatic carbocycles. The zero-order valence-electron chi connectivity index (χ0n) is 13.9. The molecule has 2 aromatic rings. The number of hydrogen-bond donors (Lipinski definition) is 1. The molecule has 0 fully saturated rings. The van der Waals surface area contributed by atoms with E-state index in [-0.39, 0.29) is 11.4 Å². The quantitative estimate of drug-likeness (QED) is 0.390. The summed E-state index contributed by atoms with van der Waals surface area (Å²) < 4.78 is 5.98. The van der Waals surface area contributed by atoms with Crippen molar-refractivity contribution in [3.8, 4) is 17.2 Å². The van der Waals surface area contributed by atoms with Crippen LogP contribution < -0.4 is 0 Å². The molecule has 4 nitrogen and oxygen atoms in total. The molecule has 122 valence electrons. The summed E-state index contributed by atoms with van der Waals surface area (Å²) in [6, 6.07) is 1.78. The predicted molar refractivity (Wildman–Crippen MR) is 96.7 cm³/mol. The average Bonchev–Trinajstić information content (AvgIpc) is 2.96. The number of fused-ring (bicyclic) bond motifs is 1. The van der Waals surface area contributed by atoms with Gasteiger partial charge in [0.15, 0.2) is 11.4 Å². The van der Waals surface area contributed by atoms with Crippen LogP contribution in [0.3, 0.4) is 0 Å². The number of aromatic hydroxyl groups is 1. The molecule has 6 heteroatoms. The molecule has 0 aliphatic heterocycles. The van der Waals surface area contributed by atoms with Gasteiger partial charge < -0.3 is 9.84 Å². The molecule has 0 saturated heterocycles. The first-order valence-electron chi connectivity index (χ1n) is 7.64. The van der Waals surface area contributed by atoms with Gasteiger partial charge in [0, 0.05) is 5.39 Å². The van der Waals surface area contributed by atoms with Crippen LogP contribution in [0, 0.1) is 11.5 Å². The van der Waals surface area contributed by atoms with Crippen molar-refractivity contribution in [2.45, 2.75) is 39.4 Å². The van der Waals surface area contributed by atoms with Gasteiger partial charge >= 0.3 is 5.97 Å². The second-order valence-electron chi connectivity index (χ2n) is 6.31. The molecule has 2 heterocycles. The Morgan fingerprint density at radius 2 is 2.17 bits per heavy atom. The maximum absolute atomic E-state index is 12.2. The van der Waals surface area contributed by atoms with Gasteiger partial charge in [0.25, 0.3) is 0 Å². The highest BCUT2D eigenvalue weighted by atomic mass is 32.1. The molecule has 0 spiro atoms. The van der Waals surface area contributed by atoms with Gasteiger partial charge in [-0.25, -0.2) is 9.78 Å². The van der Waals surface area contributed by atoms with E-state index in [4.69, 9.17) is 4.74 Å². The number of ether oxygens (including phenoxy) is 1. The van der Waals surface area contributed by atoms with Crippen molar-refractivity contribution in [2.24, 2.45) is 0 Å². The molecule has 0 radical (unpaired) electrons. The molecule has 0 unspecified atom stereocenters. The monoisotopic (exact) mass is 347 g/mol. The highest BCUT2D eigenvalue weighted by molar-refractivity contribution is 7.17. The Morgan fingerprint density at radius 1 is 1.43 bits per heavy atom. The second kappa shape index (κ2) is 7.15. The average molecular weight is 348 g/mol. The van der Waals surface area contributed by atoms with E-state index in [9.17, 15) is 9.90 Å². The van der Waals surface area contributed by atoms with E-state index >= 15 is 0 Å². The number of nitrogens with zero attached hydrogens (tertiary/aromatic N) is 1. The molecule has 0 aliphatic rings. The summed E-state index contributed by atoms with van der Waals surface area (Å²) in [5.74, 6) is 2.37. The normalized spacial score (nSPS) is 11.1. The Bertz CT molecular complexity index is 781. The van der Waals surface area contributed by atoms with Crippen LogP contribution >= 0.6 is 11.3 Å². The maximum Gasteiger partial charge on any atom is 0.360 e. The van der Waals surface area contributed by atoms with Gasteiger partial charge in [0.2, 0.25) is 0 Å². The number of hydrogen-bond acceptors (Lipinski definition) is 5. The van der Waals surface area contributed by atoms with Gasteiger partial charge in [-0.05, 0) is 17.9 Å². The first-order chi connectivity index (χ1) is 10.8. The van der Waals surface area contributed by atoms with E-state index in [1.165, 1.54) is 11.3 Å². The van der Waals surface area contributed by atoms with E-state index in [0.717, 1.165) is 17.5 Å². The Labute approximate surface area is 141 Å². The molecule has 0 aromatic carbocycles. The van der Waals surface area contributed by atoms with Gasteiger partial charge in [0.1, 0.15) is 13.8 Å². The Kier molecular flexibility index (Phi) is 5.45. The Morgan fingerprint density at radius 3 is 2.83 bits per heavy atom. The summed E-state index contributed by atoms with van der Waals surface area (Å²) in [4.78, 5) is 16.5. The Hall–Kier alpha value is -1.84. The first-order valence-corrected chi connectivity index (χ1v) is 12.0. The molecule has 0 bridgehead atoms. The number of aromatic nitrogens is 1. The van der Waals surface area contributed by atoms with Crippen molar-refractivity contribution in [1.82, 2.24) is 4.98 Å². The van der Waals surface area contributed by atoms with Crippen molar-refractivity contribution in [2.75, 3.05) is 6.61 Å². The minimum absolute atomic E-state index is 0.0492. The minimum atomic E-state index is -1.57. The van der Waals surface area contributed by atoms with Gasteiger partial charge in [-0.3, -0.25) is 0 Å². The second-order valence-corrected chi connectivity index (χ2v) is 12.0. The number of carbonyl (C=O) groups is 1. The third-order valence-electron chi connectivity index (χ3n) is 3.06. The van der Waals surface area contributed by atoms with E-state index in [0.29, 0.717) is 17.7 Å². The number of carbonyl (C=O) groups excluding carboxylic acids is 1. The summed E-state index contributed by atoms with van der Waals surface area (Å²) in [5, 5.41) is 12.8. The van der Waals surface area contributed by atoms with E-state index in [1.54, 1.807) is 6.07 Å². The third kappa shape index (κ3) is 4.33. The fraction of sp³-hybridized carbons (Fsp3) is 0.412. The molecular formula is C17H21NO3SSi. The summed E-state index contributed by atoms with van der Waals surface area (Å²) in [6.45, 7) is 8.78. The molecule has 0 saturated carbocycles. The van der Waals surface area contributed by atoms with Crippen LogP contribution in [0.1, 0.15) is 35.9 Å². The third-order valence-corrected chi connectivity index (χ3v) is 4.86. The first kappa shape index (κ1) is 17.5. The van der Waals surface area contributed by atoms with Crippen molar-refractivity contribution < 1.29 is 14.6 Å².